The molecule has 2 aromatic carbocycles. The van der Waals surface area contributed by atoms with Gasteiger partial charge in [0.1, 0.15) is 5.82 Å². The van der Waals surface area contributed by atoms with Crippen molar-refractivity contribution in [3.63, 3.8) is 0 Å². The Kier molecular flexibility index (Phi) is 6.28. The quantitative estimate of drug-likeness (QED) is 0.387. The molecule has 0 unspecified atom stereocenters. The molecule has 6 nitrogen and oxygen atoms in total. The Morgan fingerprint density at radius 3 is 2.57 bits per heavy atom. The average Bonchev–Trinajstić information content (AvgIpc) is 3.00. The Morgan fingerprint density at radius 2 is 1.84 bits per heavy atom. The van der Waals surface area contributed by atoms with E-state index < -0.39 is 29.1 Å². The van der Waals surface area contributed by atoms with Crippen LogP contribution in [0.2, 0.25) is 5.02 Å². The van der Waals surface area contributed by atoms with E-state index in [2.05, 4.69) is 20.3 Å². The maximum Gasteiger partial charge on any atom is 0.417 e. The van der Waals surface area contributed by atoms with Crippen LogP contribution in [0.25, 0.3) is 11.3 Å². The third kappa shape index (κ3) is 4.84. The van der Waals surface area contributed by atoms with Crippen LogP contribution in [0, 0.1) is 5.82 Å². The number of alkyl halides is 3. The molecule has 0 spiro atoms. The summed E-state index contributed by atoms with van der Waals surface area (Å²) in [4.78, 5) is 24.7. The highest BCUT2D eigenvalue weighted by Gasteiger charge is 2.38. The summed E-state index contributed by atoms with van der Waals surface area (Å²) >= 11 is 6.25. The van der Waals surface area contributed by atoms with E-state index in [1.807, 2.05) is 0 Å². The molecule has 37 heavy (non-hydrogen) atoms. The molecular weight excluding hydrogens is 512 g/mol. The highest BCUT2D eigenvalue weighted by molar-refractivity contribution is 6.31. The number of carboxylic acids is 1. The normalized spacial score (nSPS) is 15.3. The lowest BCUT2D eigenvalue weighted by molar-refractivity contribution is -0.134. The van der Waals surface area contributed by atoms with Gasteiger partial charge in [0.15, 0.2) is 0 Å². The molecule has 2 N–H and O–H groups in total. The predicted octanol–water partition coefficient (Wildman–Crippen LogP) is 6.32. The summed E-state index contributed by atoms with van der Waals surface area (Å²) in [5.41, 5.74) is 1.15. The van der Waals surface area contributed by atoms with Crippen LogP contribution in [0.5, 0.6) is 0 Å². The zero-order chi connectivity index (χ0) is 26.3. The molecule has 5 rings (SSSR count). The first-order valence-electron chi connectivity index (χ1n) is 11.1. The predicted molar refractivity (Wildman–Crippen MR) is 130 cm³/mol. The zero-order valence-corrected chi connectivity index (χ0v) is 19.7. The lowest BCUT2D eigenvalue weighted by Crippen LogP contribution is -2.21. The van der Waals surface area contributed by atoms with E-state index in [0.717, 1.165) is 6.08 Å². The largest absolute Gasteiger partial charge is 0.478 e. The molecule has 0 fully saturated rings. The van der Waals surface area contributed by atoms with Crippen molar-refractivity contribution >= 4 is 29.2 Å². The summed E-state index contributed by atoms with van der Waals surface area (Å²) in [6.45, 7) is 0.136. The van der Waals surface area contributed by atoms with Crippen LogP contribution in [0.4, 0.5) is 23.5 Å². The van der Waals surface area contributed by atoms with Crippen LogP contribution in [0.3, 0.4) is 0 Å². The minimum absolute atomic E-state index is 0.0283. The summed E-state index contributed by atoms with van der Waals surface area (Å²) < 4.78 is 55.1. The molecule has 0 saturated carbocycles. The molecular formula is C26H17ClF4N4O2. The van der Waals surface area contributed by atoms with Crippen LogP contribution in [0.15, 0.2) is 76.6 Å². The van der Waals surface area contributed by atoms with Gasteiger partial charge >= 0.3 is 12.1 Å². The first-order chi connectivity index (χ1) is 17.6. The summed E-state index contributed by atoms with van der Waals surface area (Å²) in [5, 5.41) is 12.4. The van der Waals surface area contributed by atoms with Crippen LogP contribution >= 0.6 is 11.6 Å². The lowest BCUT2D eigenvalue weighted by atomic mass is 9.95. The molecule has 0 radical (unpaired) electrons. The number of nitrogens with zero attached hydrogens (tertiary/aromatic N) is 3. The van der Waals surface area contributed by atoms with Gasteiger partial charge in [-0.25, -0.2) is 19.2 Å². The fourth-order valence-electron chi connectivity index (χ4n) is 4.31. The Labute approximate surface area is 213 Å². The number of aliphatic carboxylic acids is 1. The number of fused-ring (bicyclic) bond motifs is 3. The fraction of sp³-hybridized carbons (Fsp3) is 0.154. The maximum absolute atomic E-state index is 14.7. The van der Waals surface area contributed by atoms with Crippen molar-refractivity contribution in [3.8, 4) is 11.3 Å². The van der Waals surface area contributed by atoms with E-state index in [4.69, 9.17) is 16.7 Å². The van der Waals surface area contributed by atoms with Crippen LogP contribution < -0.4 is 5.32 Å². The molecule has 0 atom stereocenters. The van der Waals surface area contributed by atoms with Gasteiger partial charge in [-0.05, 0) is 43.2 Å². The molecule has 1 aromatic heterocycles. The minimum Gasteiger partial charge on any atom is -0.478 e. The van der Waals surface area contributed by atoms with E-state index in [9.17, 15) is 22.4 Å². The Morgan fingerprint density at radius 1 is 1.05 bits per heavy atom. The number of carbonyl (C=O) groups is 1. The Balaban J connectivity index is 1.56. The molecule has 188 valence electrons. The Bertz CT molecular complexity index is 1530. The standard InChI is InChI=1S/C26H17ClF4N4O2/c27-14-5-7-16-19(9-14)23(18-3-1-2-4-21(18)28)32-11-13-12-33-25(35-22(13)16)34-15-6-8-17(24(36)37)20(10-15)26(29,30)31/h1-5,7,9-10,12H,6,8,11H2,(H,36,37)(H,33,34,35). The van der Waals surface area contributed by atoms with Crippen LogP contribution in [-0.2, 0) is 11.3 Å². The first-order valence-corrected chi connectivity index (χ1v) is 11.5. The summed E-state index contributed by atoms with van der Waals surface area (Å²) in [6, 6.07) is 11.2. The number of aliphatic imine (C=N–C) groups is 1. The Hall–Kier alpha value is -4.05. The highest BCUT2D eigenvalue weighted by Crippen LogP contribution is 2.37. The number of rotatable bonds is 4. The molecule has 2 heterocycles. The van der Waals surface area contributed by atoms with Gasteiger partial charge in [0.2, 0.25) is 5.95 Å². The summed E-state index contributed by atoms with van der Waals surface area (Å²) in [5.74, 6) is -2.03. The smallest absolute Gasteiger partial charge is 0.417 e. The third-order valence-electron chi connectivity index (χ3n) is 6.02. The average molecular weight is 529 g/mol. The molecule has 11 heteroatoms. The molecule has 2 aliphatic rings. The second-order valence-corrected chi connectivity index (χ2v) is 8.83. The van der Waals surface area contributed by atoms with Gasteiger partial charge in [-0.2, -0.15) is 13.2 Å². The molecule has 0 amide bonds. The van der Waals surface area contributed by atoms with Crippen molar-refractivity contribution in [1.29, 1.82) is 0 Å². The van der Waals surface area contributed by atoms with Gasteiger partial charge in [0.25, 0.3) is 0 Å². The van der Waals surface area contributed by atoms with Gasteiger partial charge in [-0.1, -0.05) is 29.8 Å². The number of hydrogen-bond acceptors (Lipinski definition) is 5. The molecule has 0 bridgehead atoms. The van der Waals surface area contributed by atoms with Gasteiger partial charge in [-0.3, -0.25) is 4.99 Å². The SMILES string of the molecule is O=C(O)C1=C(C(F)(F)F)C=C(Nc2ncc3c(n2)-c2ccc(Cl)cc2C(c2ccccc2F)=NC3)CC1. The number of aromatic nitrogens is 2. The number of allylic oxidation sites excluding steroid dienone is 3. The van der Waals surface area contributed by atoms with Crippen molar-refractivity contribution in [2.45, 2.75) is 25.6 Å². The fourth-order valence-corrected chi connectivity index (χ4v) is 4.48. The van der Waals surface area contributed by atoms with Crippen molar-refractivity contribution in [2.24, 2.45) is 4.99 Å². The number of halogens is 5. The number of carboxylic acid groups (broad SMARTS) is 1. The van der Waals surface area contributed by atoms with Crippen molar-refractivity contribution < 1.29 is 27.5 Å². The molecule has 1 aliphatic heterocycles. The molecule has 0 saturated heterocycles. The summed E-state index contributed by atoms with van der Waals surface area (Å²) in [7, 11) is 0. The van der Waals surface area contributed by atoms with Gasteiger partial charge < -0.3 is 10.4 Å². The highest BCUT2D eigenvalue weighted by atomic mass is 35.5. The van der Waals surface area contributed by atoms with E-state index in [0.29, 0.717) is 33.1 Å². The monoisotopic (exact) mass is 528 g/mol. The second kappa shape index (κ2) is 9.44. The van der Waals surface area contributed by atoms with E-state index >= 15 is 0 Å². The van der Waals surface area contributed by atoms with Crippen molar-refractivity contribution in [3.05, 3.63) is 99.1 Å². The van der Waals surface area contributed by atoms with E-state index in [1.165, 1.54) is 12.3 Å². The first kappa shape index (κ1) is 24.6. The molecule has 3 aromatic rings. The third-order valence-corrected chi connectivity index (χ3v) is 6.25. The number of hydrogen-bond donors (Lipinski definition) is 2. The van der Waals surface area contributed by atoms with Crippen molar-refractivity contribution in [2.75, 3.05) is 5.32 Å². The lowest BCUT2D eigenvalue weighted by Gasteiger charge is -2.20. The second-order valence-electron chi connectivity index (χ2n) is 8.39. The molecule has 1 aliphatic carbocycles. The summed E-state index contributed by atoms with van der Waals surface area (Å²) in [6.07, 6.45) is -2.81. The van der Waals surface area contributed by atoms with Crippen LogP contribution in [0.1, 0.15) is 29.5 Å². The minimum atomic E-state index is -4.83. The topological polar surface area (TPSA) is 87.5 Å². The van der Waals surface area contributed by atoms with Crippen LogP contribution in [-0.4, -0.2) is 32.9 Å². The zero-order valence-electron chi connectivity index (χ0n) is 18.9. The van der Waals surface area contributed by atoms with Crippen molar-refractivity contribution in [1.82, 2.24) is 9.97 Å². The van der Waals surface area contributed by atoms with E-state index in [1.54, 1.807) is 36.4 Å². The van der Waals surface area contributed by atoms with Gasteiger partial charge in [0, 0.05) is 44.7 Å². The number of nitrogens with one attached hydrogen (secondary N) is 1. The maximum atomic E-state index is 14.7. The van der Waals surface area contributed by atoms with E-state index in [-0.39, 0.29) is 36.6 Å². The number of anilines is 1. The number of benzene rings is 2. The van der Waals surface area contributed by atoms with Gasteiger partial charge in [-0.15, -0.1) is 0 Å². The van der Waals surface area contributed by atoms with Gasteiger partial charge in [0.05, 0.1) is 23.5 Å².